The molecule has 0 bridgehead atoms. The minimum Gasteiger partial charge on any atom is -0.492 e. The number of para-hydroxylation sites is 2. The molecule has 0 aromatic heterocycles. The Kier molecular flexibility index (Phi) is 7.14. The summed E-state index contributed by atoms with van der Waals surface area (Å²) >= 11 is 0. The van der Waals surface area contributed by atoms with E-state index in [-0.39, 0.29) is 36.6 Å². The second-order valence-corrected chi connectivity index (χ2v) is 4.89. The highest BCUT2D eigenvalue weighted by Crippen LogP contribution is 2.32. The zero-order valence-electron chi connectivity index (χ0n) is 12.6. The number of nitrogens with two attached hydrogens (primary N) is 1. The molecule has 1 aliphatic heterocycles. The molecule has 1 aliphatic rings. The largest absolute Gasteiger partial charge is 0.492 e. The molecule has 2 amide bonds. The lowest BCUT2D eigenvalue weighted by molar-refractivity contribution is -0.126. The summed E-state index contributed by atoms with van der Waals surface area (Å²) in [6.45, 7) is 3.62. The number of ether oxygens (including phenoxy) is 1. The number of amides is 2. The molecule has 0 radical (unpaired) electrons. The molecule has 6 nitrogen and oxygen atoms in total. The molecule has 122 valence electrons. The predicted octanol–water partition coefficient (Wildman–Crippen LogP) is 0.935. The average molecular weight is 328 g/mol. The Morgan fingerprint density at radius 3 is 2.86 bits per heavy atom. The number of carbonyl (C=O) groups is 2. The molecule has 0 saturated carbocycles. The molecule has 1 saturated heterocycles. The Hall–Kier alpha value is -1.79. The number of hydrogen-bond donors (Lipinski definition) is 2. The normalized spacial score (nSPS) is 17.1. The van der Waals surface area contributed by atoms with Crippen LogP contribution in [0, 0.1) is 5.92 Å². The molecule has 0 spiro atoms. The van der Waals surface area contributed by atoms with Gasteiger partial charge in [-0.25, -0.2) is 0 Å². The van der Waals surface area contributed by atoms with Crippen molar-refractivity contribution in [3.8, 4) is 5.75 Å². The highest BCUT2D eigenvalue weighted by Gasteiger charge is 2.35. The quantitative estimate of drug-likeness (QED) is 0.814. The summed E-state index contributed by atoms with van der Waals surface area (Å²) in [5, 5.41) is 2.73. The van der Waals surface area contributed by atoms with Crippen molar-refractivity contribution in [3.63, 3.8) is 0 Å². The van der Waals surface area contributed by atoms with E-state index in [4.69, 9.17) is 10.5 Å². The molecule has 3 N–H and O–H groups in total. The number of rotatable bonds is 6. The third kappa shape index (κ3) is 4.11. The summed E-state index contributed by atoms with van der Waals surface area (Å²) in [6.07, 6.45) is 0.219. The number of hydrogen-bond acceptors (Lipinski definition) is 4. The lowest BCUT2D eigenvalue weighted by atomic mass is 10.1. The molecule has 1 fully saturated rings. The minimum atomic E-state index is -0.335. The molecule has 1 aromatic rings. The van der Waals surface area contributed by atoms with Gasteiger partial charge in [0.05, 0.1) is 18.2 Å². The molecule has 1 unspecified atom stereocenters. The molecule has 0 aliphatic carbocycles. The maximum Gasteiger partial charge on any atom is 0.227 e. The third-order valence-electron chi connectivity index (χ3n) is 3.40. The lowest BCUT2D eigenvalue weighted by Crippen LogP contribution is -2.35. The summed E-state index contributed by atoms with van der Waals surface area (Å²) in [4.78, 5) is 25.8. The third-order valence-corrected chi connectivity index (χ3v) is 3.40. The van der Waals surface area contributed by atoms with Crippen LogP contribution in [0.1, 0.15) is 13.3 Å². The first-order valence-electron chi connectivity index (χ1n) is 7.17. The van der Waals surface area contributed by atoms with E-state index in [1.54, 1.807) is 4.90 Å². The number of halogens is 1. The van der Waals surface area contributed by atoms with E-state index in [2.05, 4.69) is 5.32 Å². The lowest BCUT2D eigenvalue weighted by Gasteiger charge is -2.20. The molecular weight excluding hydrogens is 306 g/mol. The van der Waals surface area contributed by atoms with Crippen LogP contribution in [-0.4, -0.2) is 38.1 Å². The highest BCUT2D eigenvalue weighted by molar-refractivity contribution is 6.01. The van der Waals surface area contributed by atoms with Gasteiger partial charge in [0.15, 0.2) is 0 Å². The van der Waals surface area contributed by atoms with Gasteiger partial charge < -0.3 is 20.7 Å². The molecular formula is C15H22ClN3O3. The summed E-state index contributed by atoms with van der Waals surface area (Å²) < 4.78 is 5.55. The fourth-order valence-corrected chi connectivity index (χ4v) is 2.41. The van der Waals surface area contributed by atoms with Crippen molar-refractivity contribution in [2.75, 3.05) is 31.1 Å². The zero-order chi connectivity index (χ0) is 15.2. The first-order valence-corrected chi connectivity index (χ1v) is 7.17. The van der Waals surface area contributed by atoms with Crippen LogP contribution in [0.3, 0.4) is 0 Å². The SMILES string of the molecule is CCOc1ccccc1N1CC(C(=O)NCCN)CC1=O.Cl. The number of nitrogens with one attached hydrogen (secondary N) is 1. The van der Waals surface area contributed by atoms with Crippen molar-refractivity contribution in [1.82, 2.24) is 5.32 Å². The van der Waals surface area contributed by atoms with E-state index in [1.807, 2.05) is 31.2 Å². The van der Waals surface area contributed by atoms with Crippen LogP contribution in [0.25, 0.3) is 0 Å². The van der Waals surface area contributed by atoms with Gasteiger partial charge in [-0.05, 0) is 19.1 Å². The van der Waals surface area contributed by atoms with Crippen LogP contribution >= 0.6 is 12.4 Å². The van der Waals surface area contributed by atoms with E-state index in [9.17, 15) is 9.59 Å². The number of anilines is 1. The topological polar surface area (TPSA) is 84.7 Å². The molecule has 2 rings (SSSR count). The number of carbonyl (C=O) groups excluding carboxylic acids is 2. The zero-order valence-corrected chi connectivity index (χ0v) is 13.4. The summed E-state index contributed by atoms with van der Waals surface area (Å²) in [6, 6.07) is 7.38. The Morgan fingerprint density at radius 1 is 1.45 bits per heavy atom. The number of nitrogens with zero attached hydrogens (tertiary/aromatic N) is 1. The fourth-order valence-electron chi connectivity index (χ4n) is 2.41. The van der Waals surface area contributed by atoms with Crippen LogP contribution in [-0.2, 0) is 9.59 Å². The second-order valence-electron chi connectivity index (χ2n) is 4.89. The first-order chi connectivity index (χ1) is 10.2. The first kappa shape index (κ1) is 18.3. The Bertz CT molecular complexity index is 525. The van der Waals surface area contributed by atoms with Crippen molar-refractivity contribution in [2.24, 2.45) is 11.7 Å². The van der Waals surface area contributed by atoms with Gasteiger partial charge in [0.1, 0.15) is 5.75 Å². The highest BCUT2D eigenvalue weighted by atomic mass is 35.5. The van der Waals surface area contributed by atoms with Crippen LogP contribution < -0.4 is 20.7 Å². The predicted molar refractivity (Wildman–Crippen MR) is 87.4 cm³/mol. The molecule has 1 aromatic carbocycles. The Morgan fingerprint density at radius 2 is 2.18 bits per heavy atom. The van der Waals surface area contributed by atoms with Crippen LogP contribution in [0.2, 0.25) is 0 Å². The van der Waals surface area contributed by atoms with Gasteiger partial charge in [-0.2, -0.15) is 0 Å². The van der Waals surface area contributed by atoms with Gasteiger partial charge >= 0.3 is 0 Å². The van der Waals surface area contributed by atoms with Crippen molar-refractivity contribution in [3.05, 3.63) is 24.3 Å². The fraction of sp³-hybridized carbons (Fsp3) is 0.467. The van der Waals surface area contributed by atoms with Crippen molar-refractivity contribution in [2.45, 2.75) is 13.3 Å². The summed E-state index contributed by atoms with van der Waals surface area (Å²) in [5.74, 6) is 0.148. The van der Waals surface area contributed by atoms with Gasteiger partial charge in [0.25, 0.3) is 0 Å². The van der Waals surface area contributed by atoms with Crippen molar-refractivity contribution < 1.29 is 14.3 Å². The monoisotopic (exact) mass is 327 g/mol. The molecule has 1 heterocycles. The van der Waals surface area contributed by atoms with E-state index < -0.39 is 0 Å². The number of benzene rings is 1. The maximum absolute atomic E-state index is 12.2. The van der Waals surface area contributed by atoms with E-state index in [0.717, 1.165) is 5.69 Å². The van der Waals surface area contributed by atoms with Gasteiger partial charge in [-0.15, -0.1) is 12.4 Å². The van der Waals surface area contributed by atoms with Gasteiger partial charge in [-0.1, -0.05) is 12.1 Å². The van der Waals surface area contributed by atoms with E-state index >= 15 is 0 Å². The summed E-state index contributed by atoms with van der Waals surface area (Å²) in [7, 11) is 0. The molecule has 7 heteroatoms. The molecule has 1 atom stereocenters. The van der Waals surface area contributed by atoms with Crippen LogP contribution in [0.4, 0.5) is 5.69 Å². The maximum atomic E-state index is 12.2. The van der Waals surface area contributed by atoms with Gasteiger partial charge in [0.2, 0.25) is 11.8 Å². The van der Waals surface area contributed by atoms with Gasteiger partial charge in [0, 0.05) is 26.1 Å². The van der Waals surface area contributed by atoms with Gasteiger partial charge in [-0.3, -0.25) is 9.59 Å². The van der Waals surface area contributed by atoms with Crippen molar-refractivity contribution in [1.29, 1.82) is 0 Å². The average Bonchev–Trinajstić information content (AvgIpc) is 2.87. The Labute approximate surface area is 136 Å². The standard InChI is InChI=1S/C15H21N3O3.ClH/c1-2-21-13-6-4-3-5-12(13)18-10-11(9-14(18)19)15(20)17-8-7-16;/h3-6,11H,2,7-10,16H2,1H3,(H,17,20);1H. The van der Waals surface area contributed by atoms with Crippen molar-refractivity contribution >= 4 is 29.9 Å². The smallest absolute Gasteiger partial charge is 0.227 e. The Balaban J connectivity index is 0.00000242. The van der Waals surface area contributed by atoms with E-state index in [1.165, 1.54) is 0 Å². The van der Waals surface area contributed by atoms with Crippen LogP contribution in [0.5, 0.6) is 5.75 Å². The summed E-state index contributed by atoms with van der Waals surface area (Å²) in [5.41, 5.74) is 6.09. The molecule has 22 heavy (non-hydrogen) atoms. The van der Waals surface area contributed by atoms with Crippen LogP contribution in [0.15, 0.2) is 24.3 Å². The minimum absolute atomic E-state index is 0. The van der Waals surface area contributed by atoms with E-state index in [0.29, 0.717) is 32.0 Å². The second kappa shape index (κ2) is 8.60.